The first kappa shape index (κ1) is 29.5. The Morgan fingerprint density at radius 2 is 1.67 bits per heavy atom. The third kappa shape index (κ3) is 8.47. The number of amides is 2. The van der Waals surface area contributed by atoms with Gasteiger partial charge in [-0.1, -0.05) is 63.4 Å². The number of hydrogen-bond donors (Lipinski definition) is 3. The number of aromatic carboxylic acids is 1. The molecule has 10 heteroatoms. The van der Waals surface area contributed by atoms with E-state index in [1.165, 1.54) is 30.3 Å². The van der Waals surface area contributed by atoms with Crippen molar-refractivity contribution in [2.45, 2.75) is 50.8 Å². The summed E-state index contributed by atoms with van der Waals surface area (Å²) in [6, 6.07) is 16.3. The van der Waals surface area contributed by atoms with Crippen LogP contribution < -0.4 is 10.0 Å². The van der Waals surface area contributed by atoms with Gasteiger partial charge in [0.1, 0.15) is 0 Å². The van der Waals surface area contributed by atoms with E-state index in [0.29, 0.717) is 24.9 Å². The highest BCUT2D eigenvalue weighted by Gasteiger charge is 2.22. The number of nitrogens with zero attached hydrogens (tertiary/aromatic N) is 1. The molecule has 3 N–H and O–H groups in total. The van der Waals surface area contributed by atoms with Crippen LogP contribution in [0.2, 0.25) is 0 Å². The molecule has 206 valence electrons. The van der Waals surface area contributed by atoms with E-state index in [1.807, 2.05) is 42.0 Å². The zero-order valence-corrected chi connectivity index (χ0v) is 22.8. The van der Waals surface area contributed by atoms with Crippen LogP contribution >= 0.6 is 0 Å². The average Bonchev–Trinajstić information content (AvgIpc) is 2.92. The van der Waals surface area contributed by atoms with Crippen molar-refractivity contribution in [3.8, 4) is 0 Å². The molecule has 2 aromatic carbocycles. The van der Waals surface area contributed by atoms with Crippen molar-refractivity contribution in [3.05, 3.63) is 94.8 Å². The van der Waals surface area contributed by atoms with Crippen LogP contribution in [-0.2, 0) is 22.9 Å². The summed E-state index contributed by atoms with van der Waals surface area (Å²) in [5, 5.41) is 12.3. The van der Waals surface area contributed by atoms with Crippen LogP contribution in [0.1, 0.15) is 75.4 Å². The van der Waals surface area contributed by atoms with Crippen molar-refractivity contribution in [3.63, 3.8) is 0 Å². The number of aromatic nitrogens is 1. The maximum absolute atomic E-state index is 12.8. The van der Waals surface area contributed by atoms with Crippen LogP contribution in [0.5, 0.6) is 0 Å². The Balaban J connectivity index is 1.66. The van der Waals surface area contributed by atoms with E-state index in [0.717, 1.165) is 31.0 Å². The minimum atomic E-state index is -4.25. The molecule has 3 aromatic rings. The first-order valence-corrected chi connectivity index (χ1v) is 14.3. The van der Waals surface area contributed by atoms with Crippen LogP contribution in [0.15, 0.2) is 71.8 Å². The smallest absolute Gasteiger partial charge is 0.354 e. The van der Waals surface area contributed by atoms with Gasteiger partial charge in [-0.15, -0.1) is 0 Å². The van der Waals surface area contributed by atoms with Crippen molar-refractivity contribution in [2.75, 3.05) is 6.54 Å². The quantitative estimate of drug-likeness (QED) is 0.288. The van der Waals surface area contributed by atoms with Gasteiger partial charge in [0, 0.05) is 18.3 Å². The summed E-state index contributed by atoms with van der Waals surface area (Å²) in [6.45, 7) is 4.48. The van der Waals surface area contributed by atoms with Gasteiger partial charge in [0.15, 0.2) is 5.69 Å². The first-order valence-electron chi connectivity index (χ1n) is 12.8. The fraction of sp³-hybridized carbons (Fsp3) is 0.310. The molecule has 1 heterocycles. The topological polar surface area (TPSA) is 143 Å². The monoisotopic (exact) mass is 551 g/mol. The largest absolute Gasteiger partial charge is 0.477 e. The number of nitrogens with one attached hydrogen (secondary N) is 2. The Kier molecular flexibility index (Phi) is 10.3. The average molecular weight is 552 g/mol. The lowest BCUT2D eigenvalue weighted by atomic mass is 9.94. The van der Waals surface area contributed by atoms with Gasteiger partial charge in [0.05, 0.1) is 10.5 Å². The van der Waals surface area contributed by atoms with Gasteiger partial charge in [-0.05, 0) is 60.2 Å². The van der Waals surface area contributed by atoms with Crippen LogP contribution in [0, 0.1) is 5.92 Å². The molecule has 1 aromatic heterocycles. The normalized spacial score (nSPS) is 11.9. The second-order valence-corrected chi connectivity index (χ2v) is 11.1. The zero-order valence-electron chi connectivity index (χ0n) is 22.0. The van der Waals surface area contributed by atoms with Crippen LogP contribution in [0.3, 0.4) is 0 Å². The van der Waals surface area contributed by atoms with Gasteiger partial charge in [0.25, 0.3) is 21.8 Å². The summed E-state index contributed by atoms with van der Waals surface area (Å²) in [5.41, 5.74) is 1.52. The minimum absolute atomic E-state index is 0.0596. The first-order chi connectivity index (χ1) is 18.6. The molecule has 39 heavy (non-hydrogen) atoms. The van der Waals surface area contributed by atoms with E-state index < -0.39 is 21.9 Å². The number of carbonyl (C=O) groups excluding carboxylic acids is 2. The van der Waals surface area contributed by atoms with Crippen LogP contribution in [0.25, 0.3) is 0 Å². The molecule has 0 aliphatic carbocycles. The van der Waals surface area contributed by atoms with Gasteiger partial charge in [-0.25, -0.2) is 22.9 Å². The van der Waals surface area contributed by atoms with Gasteiger partial charge >= 0.3 is 5.97 Å². The Labute approximate surface area is 228 Å². The molecule has 0 radical (unpaired) electrons. The number of pyridine rings is 1. The molecule has 0 aliphatic heterocycles. The molecular formula is C29H33N3O6S. The predicted octanol–water partition coefficient (Wildman–Crippen LogP) is 4.24. The highest BCUT2D eigenvalue weighted by molar-refractivity contribution is 7.90. The lowest BCUT2D eigenvalue weighted by molar-refractivity contribution is 0.0687. The van der Waals surface area contributed by atoms with E-state index in [2.05, 4.69) is 17.2 Å². The van der Waals surface area contributed by atoms with Gasteiger partial charge in [0.2, 0.25) is 0 Å². The molecule has 3 rings (SSSR count). The number of carbonyl (C=O) groups is 3. The van der Waals surface area contributed by atoms with Gasteiger partial charge in [-0.3, -0.25) is 9.59 Å². The van der Waals surface area contributed by atoms with Crippen molar-refractivity contribution in [1.82, 2.24) is 15.0 Å². The zero-order chi connectivity index (χ0) is 28.4. The van der Waals surface area contributed by atoms with Crippen molar-refractivity contribution < 1.29 is 27.9 Å². The number of unbranched alkanes of at least 4 members (excludes halogenated alkanes) is 1. The SMILES string of the molecule is CCCCC(C)Cc1cc(C(=O)NS(=O)(=O)c2ccc(C(=O)NCCc3ccccc3)cc2)cnc1C(=O)O. The van der Waals surface area contributed by atoms with Crippen LogP contribution in [0.4, 0.5) is 0 Å². The lowest BCUT2D eigenvalue weighted by Gasteiger charge is -2.14. The summed E-state index contributed by atoms with van der Waals surface area (Å²) < 4.78 is 27.7. The number of carboxylic acids is 1. The number of rotatable bonds is 13. The Morgan fingerprint density at radius 3 is 2.31 bits per heavy atom. The molecule has 0 fully saturated rings. The summed E-state index contributed by atoms with van der Waals surface area (Å²) in [7, 11) is -4.25. The number of sulfonamides is 1. The lowest BCUT2D eigenvalue weighted by Crippen LogP contribution is -2.31. The molecular weight excluding hydrogens is 518 g/mol. The molecule has 1 unspecified atom stereocenters. The standard InChI is InChI=1S/C29H33N3O6S/c1-3-4-8-20(2)17-23-18-24(19-31-26(23)29(35)36)28(34)32-39(37,38)25-13-11-22(12-14-25)27(33)30-16-15-21-9-6-5-7-10-21/h5-7,9-14,18-20H,3-4,8,15-17H2,1-2H3,(H,30,33)(H,32,34)(H,35,36). The third-order valence-electron chi connectivity index (χ3n) is 6.25. The predicted molar refractivity (Wildman–Crippen MR) is 147 cm³/mol. The van der Waals surface area contributed by atoms with E-state index in [1.54, 1.807) is 0 Å². The Bertz CT molecular complexity index is 1410. The highest BCUT2D eigenvalue weighted by atomic mass is 32.2. The van der Waals surface area contributed by atoms with E-state index in [9.17, 15) is 27.9 Å². The molecule has 0 aliphatic rings. The maximum atomic E-state index is 12.8. The van der Waals surface area contributed by atoms with E-state index >= 15 is 0 Å². The number of hydrogen-bond acceptors (Lipinski definition) is 6. The minimum Gasteiger partial charge on any atom is -0.477 e. The summed E-state index contributed by atoms with van der Waals surface area (Å²) in [6.07, 6.45) is 5.00. The molecule has 0 saturated carbocycles. The fourth-order valence-electron chi connectivity index (χ4n) is 4.11. The van der Waals surface area contributed by atoms with E-state index in [-0.39, 0.29) is 33.5 Å². The molecule has 0 saturated heterocycles. The molecule has 2 amide bonds. The summed E-state index contributed by atoms with van der Waals surface area (Å²) in [5.74, 6) is -2.31. The maximum Gasteiger partial charge on any atom is 0.354 e. The van der Waals surface area contributed by atoms with Crippen molar-refractivity contribution >= 4 is 27.8 Å². The molecule has 1 atom stereocenters. The second-order valence-electron chi connectivity index (χ2n) is 9.44. The Morgan fingerprint density at radius 1 is 0.974 bits per heavy atom. The molecule has 0 spiro atoms. The Hall–Kier alpha value is -4.05. The second kappa shape index (κ2) is 13.7. The number of benzene rings is 2. The van der Waals surface area contributed by atoms with Gasteiger partial charge in [-0.2, -0.15) is 0 Å². The van der Waals surface area contributed by atoms with Crippen LogP contribution in [-0.4, -0.2) is 42.8 Å². The van der Waals surface area contributed by atoms with Crippen molar-refractivity contribution in [2.24, 2.45) is 5.92 Å². The van der Waals surface area contributed by atoms with E-state index in [4.69, 9.17) is 0 Å². The van der Waals surface area contributed by atoms with Gasteiger partial charge < -0.3 is 10.4 Å². The molecule has 9 nitrogen and oxygen atoms in total. The summed E-state index contributed by atoms with van der Waals surface area (Å²) in [4.78, 5) is 40.6. The molecule has 0 bridgehead atoms. The van der Waals surface area contributed by atoms with Crippen molar-refractivity contribution in [1.29, 1.82) is 0 Å². The fourth-order valence-corrected chi connectivity index (χ4v) is 5.08. The third-order valence-corrected chi connectivity index (χ3v) is 7.59. The summed E-state index contributed by atoms with van der Waals surface area (Å²) >= 11 is 0. The number of carboxylic acid groups (broad SMARTS) is 1. The highest BCUT2D eigenvalue weighted by Crippen LogP contribution is 2.19.